The zero-order valence-electron chi connectivity index (χ0n) is 15.7. The summed E-state index contributed by atoms with van der Waals surface area (Å²) in [5, 5.41) is 0. The summed E-state index contributed by atoms with van der Waals surface area (Å²) in [6, 6.07) is 8.73. The highest BCUT2D eigenvalue weighted by atomic mass is 79.9. The highest BCUT2D eigenvalue weighted by molar-refractivity contribution is 9.10. The molecule has 0 unspecified atom stereocenters. The van der Waals surface area contributed by atoms with E-state index in [0.717, 1.165) is 4.47 Å². The number of carbonyl (C=O) groups is 1. The van der Waals surface area contributed by atoms with Gasteiger partial charge in [0, 0.05) is 16.1 Å². The maximum Gasteiger partial charge on any atom is 0.363 e. The number of benzene rings is 2. The molecule has 1 aliphatic heterocycles. The van der Waals surface area contributed by atoms with Crippen molar-refractivity contribution >= 4 is 33.9 Å². The molecule has 146 valence electrons. The van der Waals surface area contributed by atoms with Crippen LogP contribution in [0.4, 0.5) is 0 Å². The second kappa shape index (κ2) is 8.35. The van der Waals surface area contributed by atoms with Crippen LogP contribution in [0.3, 0.4) is 0 Å². The van der Waals surface area contributed by atoms with Crippen molar-refractivity contribution < 1.29 is 28.5 Å². The van der Waals surface area contributed by atoms with Crippen molar-refractivity contribution in [1.29, 1.82) is 0 Å². The predicted octanol–water partition coefficient (Wildman–Crippen LogP) is 3.83. The van der Waals surface area contributed by atoms with Crippen molar-refractivity contribution in [3.05, 3.63) is 51.6 Å². The van der Waals surface area contributed by atoms with Gasteiger partial charge in [0.1, 0.15) is 11.5 Å². The molecule has 1 aliphatic rings. The van der Waals surface area contributed by atoms with E-state index in [1.54, 1.807) is 30.3 Å². The number of methoxy groups -OCH3 is 4. The molecule has 2 aromatic rings. The maximum absolute atomic E-state index is 12.4. The first-order valence-electron chi connectivity index (χ1n) is 8.17. The van der Waals surface area contributed by atoms with Gasteiger partial charge in [-0.05, 0) is 30.3 Å². The Labute approximate surface area is 170 Å². The fourth-order valence-electron chi connectivity index (χ4n) is 2.68. The Kier molecular flexibility index (Phi) is 5.89. The van der Waals surface area contributed by atoms with E-state index in [9.17, 15) is 4.79 Å². The van der Waals surface area contributed by atoms with Gasteiger partial charge in [0.25, 0.3) is 0 Å². The Balaban J connectivity index is 2.06. The van der Waals surface area contributed by atoms with Gasteiger partial charge in [-0.1, -0.05) is 15.9 Å². The van der Waals surface area contributed by atoms with Crippen molar-refractivity contribution in [2.75, 3.05) is 28.4 Å². The largest absolute Gasteiger partial charge is 0.496 e. The zero-order chi connectivity index (χ0) is 20.3. The third-order valence-corrected chi connectivity index (χ3v) is 4.53. The Morgan fingerprint density at radius 3 is 2.18 bits per heavy atom. The summed E-state index contributed by atoms with van der Waals surface area (Å²) in [6.07, 6.45) is 1.57. The number of rotatable bonds is 6. The molecular weight excluding hydrogens is 430 g/mol. The van der Waals surface area contributed by atoms with Crippen LogP contribution in [-0.2, 0) is 9.53 Å². The highest BCUT2D eigenvalue weighted by Crippen LogP contribution is 2.36. The first kappa shape index (κ1) is 19.8. The standard InChI is InChI=1S/C20H18BrNO6/c1-24-15-6-5-12(21)9-13(15)19-22-14(20(23)28-19)7-11-8-17(26-3)18(27-4)10-16(11)25-2/h5-10H,1-4H3/b14-7-. The van der Waals surface area contributed by atoms with Crippen LogP contribution in [0.1, 0.15) is 11.1 Å². The van der Waals surface area contributed by atoms with Crippen molar-refractivity contribution in [3.8, 4) is 23.0 Å². The molecule has 3 rings (SSSR count). The molecule has 0 fully saturated rings. The first-order valence-corrected chi connectivity index (χ1v) is 8.96. The zero-order valence-corrected chi connectivity index (χ0v) is 17.3. The van der Waals surface area contributed by atoms with Gasteiger partial charge in [-0.2, -0.15) is 0 Å². The number of ether oxygens (including phenoxy) is 5. The molecule has 0 N–H and O–H groups in total. The average Bonchev–Trinajstić information content (AvgIpc) is 3.07. The molecular formula is C20H18BrNO6. The van der Waals surface area contributed by atoms with Gasteiger partial charge >= 0.3 is 5.97 Å². The molecule has 0 bridgehead atoms. The van der Waals surface area contributed by atoms with Crippen molar-refractivity contribution in [2.24, 2.45) is 4.99 Å². The predicted molar refractivity (Wildman–Crippen MR) is 107 cm³/mol. The number of carbonyl (C=O) groups excluding carboxylic acids is 1. The van der Waals surface area contributed by atoms with Gasteiger partial charge < -0.3 is 23.7 Å². The van der Waals surface area contributed by atoms with Gasteiger partial charge in [-0.3, -0.25) is 0 Å². The number of esters is 1. The second-order valence-corrected chi connectivity index (χ2v) is 6.55. The normalized spacial score (nSPS) is 14.5. The average molecular weight is 448 g/mol. The summed E-state index contributed by atoms with van der Waals surface area (Å²) in [7, 11) is 6.12. The van der Waals surface area contributed by atoms with Crippen LogP contribution in [-0.4, -0.2) is 40.3 Å². The van der Waals surface area contributed by atoms with E-state index >= 15 is 0 Å². The third-order valence-electron chi connectivity index (χ3n) is 4.04. The summed E-state index contributed by atoms with van der Waals surface area (Å²) in [4.78, 5) is 16.7. The lowest BCUT2D eigenvalue weighted by molar-refractivity contribution is -0.129. The van der Waals surface area contributed by atoms with Crippen molar-refractivity contribution in [2.45, 2.75) is 0 Å². The molecule has 0 saturated carbocycles. The SMILES string of the molecule is COc1cc(OC)c(OC)cc1/C=C1\N=C(c2cc(Br)ccc2OC)OC1=O. The van der Waals surface area contributed by atoms with Gasteiger partial charge in [-0.15, -0.1) is 0 Å². The lowest BCUT2D eigenvalue weighted by Gasteiger charge is -2.12. The summed E-state index contributed by atoms with van der Waals surface area (Å²) in [5.41, 5.74) is 1.29. The van der Waals surface area contributed by atoms with E-state index in [4.69, 9.17) is 23.7 Å². The third kappa shape index (κ3) is 3.82. The monoisotopic (exact) mass is 447 g/mol. The van der Waals surface area contributed by atoms with Gasteiger partial charge in [0.2, 0.25) is 5.90 Å². The first-order chi connectivity index (χ1) is 13.5. The van der Waals surface area contributed by atoms with Gasteiger partial charge in [0.05, 0.1) is 34.0 Å². The van der Waals surface area contributed by atoms with E-state index < -0.39 is 5.97 Å². The number of hydrogen-bond acceptors (Lipinski definition) is 7. The Hall–Kier alpha value is -3.00. The molecule has 0 spiro atoms. The molecule has 8 heteroatoms. The van der Waals surface area contributed by atoms with Crippen LogP contribution in [0.2, 0.25) is 0 Å². The summed E-state index contributed by atoms with van der Waals surface area (Å²) in [5.74, 6) is 1.64. The molecule has 2 aromatic carbocycles. The summed E-state index contributed by atoms with van der Waals surface area (Å²) in [6.45, 7) is 0. The van der Waals surface area contributed by atoms with Gasteiger partial charge in [-0.25, -0.2) is 9.79 Å². The minimum atomic E-state index is -0.575. The van der Waals surface area contributed by atoms with E-state index in [2.05, 4.69) is 20.9 Å². The molecule has 0 aliphatic carbocycles. The van der Waals surface area contributed by atoms with E-state index in [0.29, 0.717) is 34.1 Å². The summed E-state index contributed by atoms with van der Waals surface area (Å²) < 4.78 is 27.5. The van der Waals surface area contributed by atoms with Crippen molar-refractivity contribution in [3.63, 3.8) is 0 Å². The lowest BCUT2D eigenvalue weighted by Crippen LogP contribution is -2.07. The Morgan fingerprint density at radius 2 is 1.54 bits per heavy atom. The number of cyclic esters (lactones) is 1. The van der Waals surface area contributed by atoms with E-state index in [-0.39, 0.29) is 11.6 Å². The highest BCUT2D eigenvalue weighted by Gasteiger charge is 2.27. The molecule has 0 radical (unpaired) electrons. The summed E-state index contributed by atoms with van der Waals surface area (Å²) >= 11 is 3.40. The fraction of sp³-hybridized carbons (Fsp3) is 0.200. The minimum absolute atomic E-state index is 0.127. The Bertz CT molecular complexity index is 983. The fourth-order valence-corrected chi connectivity index (χ4v) is 3.05. The topological polar surface area (TPSA) is 75.6 Å². The van der Waals surface area contributed by atoms with Crippen LogP contribution in [0, 0.1) is 0 Å². The number of hydrogen-bond donors (Lipinski definition) is 0. The number of halogens is 1. The van der Waals surface area contributed by atoms with E-state index in [1.165, 1.54) is 28.4 Å². The molecule has 0 atom stereocenters. The molecule has 0 aromatic heterocycles. The quantitative estimate of drug-likeness (QED) is 0.494. The molecule has 0 saturated heterocycles. The molecule has 1 heterocycles. The van der Waals surface area contributed by atoms with E-state index in [1.807, 2.05) is 6.07 Å². The lowest BCUT2D eigenvalue weighted by atomic mass is 10.1. The number of nitrogens with zero attached hydrogens (tertiary/aromatic N) is 1. The van der Waals surface area contributed by atoms with Gasteiger partial charge in [0.15, 0.2) is 17.2 Å². The van der Waals surface area contributed by atoms with Crippen molar-refractivity contribution in [1.82, 2.24) is 0 Å². The minimum Gasteiger partial charge on any atom is -0.496 e. The van der Waals surface area contributed by atoms with Crippen LogP contribution < -0.4 is 18.9 Å². The number of aliphatic imine (C=N–C) groups is 1. The maximum atomic E-state index is 12.4. The smallest absolute Gasteiger partial charge is 0.363 e. The molecule has 0 amide bonds. The van der Waals surface area contributed by atoms with Crippen LogP contribution in [0.5, 0.6) is 23.0 Å². The Morgan fingerprint density at radius 1 is 0.893 bits per heavy atom. The second-order valence-electron chi connectivity index (χ2n) is 5.63. The van der Waals surface area contributed by atoms with Crippen LogP contribution >= 0.6 is 15.9 Å². The van der Waals surface area contributed by atoms with Crippen LogP contribution in [0.15, 0.2) is 45.5 Å². The molecule has 28 heavy (non-hydrogen) atoms. The molecule has 7 nitrogen and oxygen atoms in total. The van der Waals surface area contributed by atoms with Crippen LogP contribution in [0.25, 0.3) is 6.08 Å².